The van der Waals surface area contributed by atoms with Gasteiger partial charge in [-0.3, -0.25) is 0 Å². The lowest BCUT2D eigenvalue weighted by Gasteiger charge is -2.06. The number of rotatable bonds is 6. The third-order valence-electron chi connectivity index (χ3n) is 4.22. The molecule has 128 valence electrons. The molecule has 1 heterocycles. The lowest BCUT2D eigenvalue weighted by Crippen LogP contribution is -2.26. The van der Waals surface area contributed by atoms with Crippen molar-refractivity contribution in [2.75, 3.05) is 0 Å². The van der Waals surface area contributed by atoms with Crippen molar-refractivity contribution in [3.63, 3.8) is 0 Å². The van der Waals surface area contributed by atoms with Crippen molar-refractivity contribution < 1.29 is 8.42 Å². The van der Waals surface area contributed by atoms with Crippen LogP contribution in [0.5, 0.6) is 0 Å². The first-order valence-corrected chi connectivity index (χ1v) is 10.6. The Morgan fingerprint density at radius 2 is 1.72 bits per heavy atom. The fourth-order valence-corrected chi connectivity index (χ4v) is 4.79. The molecule has 1 saturated carbocycles. The average molecular weight is 370 g/mol. The predicted molar refractivity (Wildman–Crippen MR) is 102 cm³/mol. The van der Waals surface area contributed by atoms with Gasteiger partial charge in [-0.05, 0) is 18.4 Å². The fraction of sp³-hybridized carbons (Fsp3) is 0.211. The molecule has 1 aliphatic rings. The standard InChI is InChI=1S/C19H18N2O2S2/c22-25(23,17-10-11-17)20-12-14-6-8-16(9-7-14)19-21-18(13-24-19)15-4-2-1-3-5-15/h1-9,13,17,20H,10-12H2. The maximum Gasteiger partial charge on any atom is 0.214 e. The van der Waals surface area contributed by atoms with Crippen molar-refractivity contribution in [3.8, 4) is 21.8 Å². The average Bonchev–Trinajstić information content (AvgIpc) is 3.40. The fourth-order valence-electron chi connectivity index (χ4n) is 2.59. The lowest BCUT2D eigenvalue weighted by molar-refractivity contribution is 0.580. The molecule has 2 aromatic carbocycles. The molecular weight excluding hydrogens is 352 g/mol. The highest BCUT2D eigenvalue weighted by atomic mass is 32.2. The molecule has 0 amide bonds. The summed E-state index contributed by atoms with van der Waals surface area (Å²) >= 11 is 1.61. The van der Waals surface area contributed by atoms with Crippen molar-refractivity contribution in [1.29, 1.82) is 0 Å². The molecule has 25 heavy (non-hydrogen) atoms. The maximum atomic E-state index is 11.9. The van der Waals surface area contributed by atoms with Gasteiger partial charge in [0.1, 0.15) is 5.01 Å². The Bertz CT molecular complexity index is 960. The zero-order valence-electron chi connectivity index (χ0n) is 13.6. The van der Waals surface area contributed by atoms with Crippen molar-refractivity contribution in [1.82, 2.24) is 9.71 Å². The van der Waals surface area contributed by atoms with Gasteiger partial charge >= 0.3 is 0 Å². The molecule has 1 N–H and O–H groups in total. The van der Waals surface area contributed by atoms with E-state index in [0.29, 0.717) is 6.54 Å². The van der Waals surface area contributed by atoms with Gasteiger partial charge < -0.3 is 0 Å². The number of hydrogen-bond donors (Lipinski definition) is 1. The third-order valence-corrected chi connectivity index (χ3v) is 7.00. The van der Waals surface area contributed by atoms with Crippen LogP contribution in [0.3, 0.4) is 0 Å². The first-order valence-electron chi connectivity index (χ1n) is 8.20. The summed E-state index contributed by atoms with van der Waals surface area (Å²) in [5.41, 5.74) is 4.08. The van der Waals surface area contributed by atoms with Crippen LogP contribution >= 0.6 is 11.3 Å². The first-order chi connectivity index (χ1) is 12.1. The number of nitrogens with zero attached hydrogens (tertiary/aromatic N) is 1. The largest absolute Gasteiger partial charge is 0.236 e. The van der Waals surface area contributed by atoms with E-state index in [1.54, 1.807) is 11.3 Å². The van der Waals surface area contributed by atoms with Gasteiger partial charge in [0, 0.05) is 23.1 Å². The van der Waals surface area contributed by atoms with E-state index in [-0.39, 0.29) is 5.25 Å². The van der Waals surface area contributed by atoms with Gasteiger partial charge in [-0.25, -0.2) is 18.1 Å². The highest BCUT2D eigenvalue weighted by Crippen LogP contribution is 2.29. The second kappa shape index (κ2) is 6.71. The number of aromatic nitrogens is 1. The summed E-state index contributed by atoms with van der Waals surface area (Å²) in [6.07, 6.45) is 1.56. The van der Waals surface area contributed by atoms with Crippen LogP contribution in [0.1, 0.15) is 18.4 Å². The third kappa shape index (κ3) is 3.81. The molecule has 1 fully saturated rings. The zero-order chi connectivity index (χ0) is 17.3. The molecule has 0 saturated heterocycles. The Labute approximate surface area is 151 Å². The van der Waals surface area contributed by atoms with Crippen LogP contribution in [0.4, 0.5) is 0 Å². The van der Waals surface area contributed by atoms with E-state index in [2.05, 4.69) is 10.1 Å². The second-order valence-corrected chi connectivity index (χ2v) is 9.07. The Hall–Kier alpha value is -2.02. The molecule has 3 aromatic rings. The topological polar surface area (TPSA) is 59.1 Å². The van der Waals surface area contributed by atoms with E-state index in [1.807, 2.05) is 54.6 Å². The van der Waals surface area contributed by atoms with Gasteiger partial charge in [0.25, 0.3) is 0 Å². The van der Waals surface area contributed by atoms with Crippen LogP contribution in [0.25, 0.3) is 21.8 Å². The Morgan fingerprint density at radius 3 is 2.40 bits per heavy atom. The summed E-state index contributed by atoms with van der Waals surface area (Å²) in [5, 5.41) is 2.84. The monoisotopic (exact) mass is 370 g/mol. The molecule has 4 rings (SSSR count). The molecule has 0 aliphatic heterocycles. The Balaban J connectivity index is 1.46. The summed E-state index contributed by atoms with van der Waals surface area (Å²) < 4.78 is 26.4. The number of benzene rings is 2. The van der Waals surface area contributed by atoms with E-state index in [9.17, 15) is 8.42 Å². The van der Waals surface area contributed by atoms with Gasteiger partial charge in [0.2, 0.25) is 10.0 Å². The first kappa shape index (κ1) is 16.4. The smallest absolute Gasteiger partial charge is 0.214 e. The van der Waals surface area contributed by atoms with E-state index >= 15 is 0 Å². The molecule has 6 heteroatoms. The number of thiazole rings is 1. The van der Waals surface area contributed by atoms with Crippen molar-refractivity contribution in [3.05, 3.63) is 65.5 Å². The molecule has 4 nitrogen and oxygen atoms in total. The summed E-state index contributed by atoms with van der Waals surface area (Å²) in [7, 11) is -3.14. The molecular formula is C19H18N2O2S2. The summed E-state index contributed by atoms with van der Waals surface area (Å²) in [4.78, 5) is 4.70. The molecule has 0 atom stereocenters. The van der Waals surface area contributed by atoms with E-state index < -0.39 is 10.0 Å². The van der Waals surface area contributed by atoms with E-state index in [1.165, 1.54) is 0 Å². The van der Waals surface area contributed by atoms with Crippen LogP contribution in [-0.4, -0.2) is 18.7 Å². The van der Waals surface area contributed by atoms with Gasteiger partial charge in [0.05, 0.1) is 10.9 Å². The molecule has 0 spiro atoms. The Kier molecular flexibility index (Phi) is 4.41. The van der Waals surface area contributed by atoms with Crippen molar-refractivity contribution in [2.24, 2.45) is 0 Å². The van der Waals surface area contributed by atoms with Gasteiger partial charge in [-0.15, -0.1) is 11.3 Å². The van der Waals surface area contributed by atoms with Crippen LogP contribution in [-0.2, 0) is 16.6 Å². The second-order valence-electron chi connectivity index (χ2n) is 6.17. The minimum atomic E-state index is -3.14. The summed E-state index contributed by atoms with van der Waals surface area (Å²) in [5.74, 6) is 0. The van der Waals surface area contributed by atoms with Crippen LogP contribution in [0.2, 0.25) is 0 Å². The van der Waals surface area contributed by atoms with E-state index in [4.69, 9.17) is 4.98 Å². The quantitative estimate of drug-likeness (QED) is 0.712. The predicted octanol–water partition coefficient (Wildman–Crippen LogP) is 4.06. The molecule has 1 aromatic heterocycles. The molecule has 0 unspecified atom stereocenters. The van der Waals surface area contributed by atoms with Crippen LogP contribution < -0.4 is 4.72 Å². The van der Waals surface area contributed by atoms with Crippen molar-refractivity contribution in [2.45, 2.75) is 24.6 Å². The van der Waals surface area contributed by atoms with Gasteiger partial charge in [-0.2, -0.15) is 0 Å². The number of hydrogen-bond acceptors (Lipinski definition) is 4. The normalized spacial score (nSPS) is 14.6. The summed E-state index contributed by atoms with van der Waals surface area (Å²) in [6, 6.07) is 18.0. The molecule has 1 aliphatic carbocycles. The molecule has 0 bridgehead atoms. The lowest BCUT2D eigenvalue weighted by atomic mass is 10.1. The van der Waals surface area contributed by atoms with Gasteiger partial charge in [-0.1, -0.05) is 54.6 Å². The Morgan fingerprint density at radius 1 is 1.00 bits per heavy atom. The highest BCUT2D eigenvalue weighted by molar-refractivity contribution is 7.90. The number of nitrogens with one attached hydrogen (secondary N) is 1. The maximum absolute atomic E-state index is 11.9. The van der Waals surface area contributed by atoms with Gasteiger partial charge in [0.15, 0.2) is 0 Å². The zero-order valence-corrected chi connectivity index (χ0v) is 15.2. The SMILES string of the molecule is O=S(=O)(NCc1ccc(-c2nc(-c3ccccc3)cs2)cc1)C1CC1. The van der Waals surface area contributed by atoms with E-state index in [0.717, 1.165) is 40.2 Å². The molecule has 0 radical (unpaired) electrons. The summed E-state index contributed by atoms with van der Waals surface area (Å²) in [6.45, 7) is 0.340. The van der Waals surface area contributed by atoms with Crippen LogP contribution in [0.15, 0.2) is 60.0 Å². The highest BCUT2D eigenvalue weighted by Gasteiger charge is 2.35. The van der Waals surface area contributed by atoms with Crippen LogP contribution in [0, 0.1) is 0 Å². The van der Waals surface area contributed by atoms with Crippen molar-refractivity contribution >= 4 is 21.4 Å². The minimum absolute atomic E-state index is 0.182. The minimum Gasteiger partial charge on any atom is -0.236 e. The number of sulfonamides is 1.